The van der Waals surface area contributed by atoms with Gasteiger partial charge in [-0.3, -0.25) is 11.3 Å². The Kier molecular flexibility index (Phi) is 2.97. The number of nitrogens with one attached hydrogen (secondary N) is 1. The number of hydrogen-bond donors (Lipinski definition) is 2. The van der Waals surface area contributed by atoms with Crippen LogP contribution in [-0.2, 0) is 0 Å². The van der Waals surface area contributed by atoms with Crippen molar-refractivity contribution in [1.82, 2.24) is 5.43 Å². The molecule has 4 bridgehead atoms. The zero-order valence-corrected chi connectivity index (χ0v) is 10.1. The Morgan fingerprint density at radius 3 is 2.13 bits per heavy atom. The van der Waals surface area contributed by atoms with E-state index >= 15 is 0 Å². The maximum absolute atomic E-state index is 5.33. The third-order valence-corrected chi connectivity index (χ3v) is 6.29. The maximum Gasteiger partial charge on any atom is 0.0188 e. The van der Waals surface area contributed by atoms with Gasteiger partial charge in [0.2, 0.25) is 0 Å². The molecule has 86 valence electrons. The van der Waals surface area contributed by atoms with E-state index in [2.05, 4.69) is 17.2 Å². The molecule has 0 radical (unpaired) electrons. The van der Waals surface area contributed by atoms with Gasteiger partial charge < -0.3 is 0 Å². The molecule has 0 aromatic carbocycles. The zero-order chi connectivity index (χ0) is 10.3. The Balaban J connectivity index is 1.60. The molecule has 4 rings (SSSR count). The number of hydrazine groups is 1. The fourth-order valence-corrected chi connectivity index (χ4v) is 5.90. The van der Waals surface area contributed by atoms with Gasteiger partial charge in [0.15, 0.2) is 0 Å². The molecule has 0 aromatic heterocycles. The van der Waals surface area contributed by atoms with E-state index in [1.165, 1.54) is 5.75 Å². The molecule has 0 amide bonds. The van der Waals surface area contributed by atoms with E-state index in [1.807, 2.05) is 0 Å². The molecule has 0 aromatic rings. The maximum atomic E-state index is 5.33. The first kappa shape index (κ1) is 10.4. The molecule has 2 nitrogen and oxygen atoms in total. The lowest BCUT2D eigenvalue weighted by molar-refractivity contribution is 0.0267. The summed E-state index contributed by atoms with van der Waals surface area (Å²) in [5.41, 5.74) is 2.77. The molecule has 4 aliphatic rings. The Hall–Kier alpha value is 0.270. The van der Waals surface area contributed by atoms with Crippen LogP contribution in [0.15, 0.2) is 0 Å². The smallest absolute Gasteiger partial charge is 0.0188 e. The van der Waals surface area contributed by atoms with Gasteiger partial charge in [-0.15, -0.1) is 0 Å². The summed E-state index contributed by atoms with van der Waals surface area (Å²) in [6, 6.07) is 0. The largest absolute Gasteiger partial charge is 0.271 e. The second kappa shape index (κ2) is 4.27. The highest BCUT2D eigenvalue weighted by Gasteiger charge is 2.47. The van der Waals surface area contributed by atoms with Crippen molar-refractivity contribution in [2.75, 3.05) is 12.3 Å². The molecule has 0 aliphatic heterocycles. The van der Waals surface area contributed by atoms with Gasteiger partial charge >= 0.3 is 0 Å². The van der Waals surface area contributed by atoms with E-state index in [4.69, 9.17) is 5.84 Å². The summed E-state index contributed by atoms with van der Waals surface area (Å²) in [4.78, 5) is 0. The summed E-state index contributed by atoms with van der Waals surface area (Å²) < 4.78 is 0. The SMILES string of the molecule is NNCCSC1C2CC3CC(C2)CC1C3. The molecule has 3 heteroatoms. The van der Waals surface area contributed by atoms with Crippen molar-refractivity contribution in [3.05, 3.63) is 0 Å². The average Bonchev–Trinajstić information content (AvgIpc) is 2.21. The number of hydrogen-bond acceptors (Lipinski definition) is 3. The predicted octanol–water partition coefficient (Wildman–Crippen LogP) is 2.01. The van der Waals surface area contributed by atoms with Crippen LogP contribution in [0, 0.1) is 23.7 Å². The van der Waals surface area contributed by atoms with Crippen molar-refractivity contribution in [3.8, 4) is 0 Å². The first-order valence-electron chi connectivity index (χ1n) is 6.42. The Bertz CT molecular complexity index is 204. The molecule has 0 spiro atoms. The van der Waals surface area contributed by atoms with Gasteiger partial charge in [0.1, 0.15) is 0 Å². The summed E-state index contributed by atoms with van der Waals surface area (Å²) in [7, 11) is 0. The molecule has 4 fully saturated rings. The Morgan fingerprint density at radius 1 is 1.00 bits per heavy atom. The molecule has 15 heavy (non-hydrogen) atoms. The average molecular weight is 226 g/mol. The minimum Gasteiger partial charge on any atom is -0.271 e. The highest BCUT2D eigenvalue weighted by Crippen LogP contribution is 2.56. The van der Waals surface area contributed by atoms with E-state index in [-0.39, 0.29) is 0 Å². The number of rotatable bonds is 4. The minimum atomic E-state index is 0.966. The second-order valence-electron chi connectivity index (χ2n) is 5.72. The first-order chi connectivity index (χ1) is 7.36. The fourth-order valence-electron chi connectivity index (χ4n) is 4.40. The van der Waals surface area contributed by atoms with Gasteiger partial charge in [-0.1, -0.05) is 0 Å². The minimum absolute atomic E-state index is 0.966. The van der Waals surface area contributed by atoms with E-state index in [1.54, 1.807) is 32.1 Å². The van der Waals surface area contributed by atoms with Crippen molar-refractivity contribution in [3.63, 3.8) is 0 Å². The highest BCUT2D eigenvalue weighted by molar-refractivity contribution is 7.99. The molecule has 4 saturated carbocycles. The third-order valence-electron chi connectivity index (χ3n) is 4.70. The topological polar surface area (TPSA) is 38.0 Å². The van der Waals surface area contributed by atoms with E-state index in [0.29, 0.717) is 0 Å². The zero-order valence-electron chi connectivity index (χ0n) is 9.32. The summed E-state index contributed by atoms with van der Waals surface area (Å²) in [5, 5.41) is 0.978. The second-order valence-corrected chi connectivity index (χ2v) is 7.01. The van der Waals surface area contributed by atoms with Crippen LogP contribution in [0.3, 0.4) is 0 Å². The summed E-state index contributed by atoms with van der Waals surface area (Å²) in [6.07, 6.45) is 7.73. The molecule has 0 heterocycles. The molecule has 0 saturated heterocycles. The van der Waals surface area contributed by atoms with Gasteiger partial charge in [0.05, 0.1) is 0 Å². The molecule has 3 N–H and O–H groups in total. The summed E-state index contributed by atoms with van der Waals surface area (Å²) in [6.45, 7) is 0.966. The third kappa shape index (κ3) is 1.94. The molecule has 0 unspecified atom stereocenters. The Morgan fingerprint density at radius 2 is 1.60 bits per heavy atom. The highest BCUT2D eigenvalue weighted by atomic mass is 32.2. The van der Waals surface area contributed by atoms with Crippen molar-refractivity contribution in [2.45, 2.75) is 37.4 Å². The van der Waals surface area contributed by atoms with Gasteiger partial charge in [-0.2, -0.15) is 11.8 Å². The van der Waals surface area contributed by atoms with Crippen LogP contribution in [0.2, 0.25) is 0 Å². The monoisotopic (exact) mass is 226 g/mol. The van der Waals surface area contributed by atoms with Gasteiger partial charge in [0, 0.05) is 17.5 Å². The van der Waals surface area contributed by atoms with Gasteiger partial charge in [-0.25, -0.2) is 0 Å². The molecular formula is C12H22N2S. The van der Waals surface area contributed by atoms with E-state index in [0.717, 1.165) is 35.5 Å². The molecular weight excluding hydrogens is 204 g/mol. The first-order valence-corrected chi connectivity index (χ1v) is 7.46. The normalized spacial score (nSPS) is 47.4. The quantitative estimate of drug-likeness (QED) is 0.437. The Labute approximate surface area is 96.7 Å². The van der Waals surface area contributed by atoms with Crippen LogP contribution >= 0.6 is 11.8 Å². The van der Waals surface area contributed by atoms with Crippen molar-refractivity contribution in [1.29, 1.82) is 0 Å². The lowest BCUT2D eigenvalue weighted by Crippen LogP contribution is -2.47. The number of nitrogens with two attached hydrogens (primary N) is 1. The predicted molar refractivity (Wildman–Crippen MR) is 65.5 cm³/mol. The fraction of sp³-hybridized carbons (Fsp3) is 1.00. The summed E-state index contributed by atoms with van der Waals surface area (Å²) >= 11 is 2.19. The van der Waals surface area contributed by atoms with Crippen LogP contribution in [0.25, 0.3) is 0 Å². The van der Waals surface area contributed by atoms with E-state index in [9.17, 15) is 0 Å². The molecule has 0 atom stereocenters. The van der Waals surface area contributed by atoms with Crippen LogP contribution in [0.4, 0.5) is 0 Å². The van der Waals surface area contributed by atoms with Crippen LogP contribution < -0.4 is 11.3 Å². The lowest BCUT2D eigenvalue weighted by atomic mass is 9.56. The van der Waals surface area contributed by atoms with Crippen LogP contribution in [0.5, 0.6) is 0 Å². The summed E-state index contributed by atoms with van der Waals surface area (Å²) in [5.74, 6) is 10.9. The standard InChI is InChI=1S/C12H22N2S/c13-14-1-2-15-12-10-4-8-3-9(6-10)7-11(12)5-8/h8-12,14H,1-7,13H2. The van der Waals surface area contributed by atoms with E-state index < -0.39 is 0 Å². The number of thioether (sulfide) groups is 1. The molecule has 4 aliphatic carbocycles. The van der Waals surface area contributed by atoms with Crippen molar-refractivity contribution in [2.24, 2.45) is 29.5 Å². The van der Waals surface area contributed by atoms with Crippen molar-refractivity contribution >= 4 is 11.8 Å². The van der Waals surface area contributed by atoms with Crippen molar-refractivity contribution < 1.29 is 0 Å². The lowest BCUT2D eigenvalue weighted by Gasteiger charge is -2.54. The van der Waals surface area contributed by atoms with Gasteiger partial charge in [0.25, 0.3) is 0 Å². The van der Waals surface area contributed by atoms with Crippen LogP contribution in [-0.4, -0.2) is 17.5 Å². The van der Waals surface area contributed by atoms with Gasteiger partial charge in [-0.05, 0) is 55.8 Å². The van der Waals surface area contributed by atoms with Crippen LogP contribution in [0.1, 0.15) is 32.1 Å².